The van der Waals surface area contributed by atoms with Gasteiger partial charge in [-0.2, -0.15) is 0 Å². The van der Waals surface area contributed by atoms with E-state index in [1.807, 2.05) is 0 Å². The van der Waals surface area contributed by atoms with Crippen LogP contribution in [0.15, 0.2) is 36.4 Å². The van der Waals surface area contributed by atoms with E-state index in [9.17, 15) is 23.3 Å². The molecule has 0 spiro atoms. The number of nitrogens with zero attached hydrogens (tertiary/aromatic N) is 2. The van der Waals surface area contributed by atoms with Crippen LogP contribution < -0.4 is 9.62 Å². The lowest BCUT2D eigenvalue weighted by Gasteiger charge is -2.30. The number of benzene rings is 2. The summed E-state index contributed by atoms with van der Waals surface area (Å²) in [6, 6.07) is 7.99. The standard InChI is InChI=1S/C19H22ClN3O5S/c1-5-17(19(24)21-16-7-6-8-18(13(16)3)23(25)26)22(29(4,27)28)14-10-9-12(2)15(20)11-14/h6-11,17H,5H2,1-4H3,(H,21,24)/t17-/m0/s1. The van der Waals surface area contributed by atoms with Crippen molar-refractivity contribution in [1.29, 1.82) is 0 Å². The molecule has 0 fully saturated rings. The summed E-state index contributed by atoms with van der Waals surface area (Å²) in [5, 5.41) is 14.1. The Morgan fingerprint density at radius 3 is 2.45 bits per heavy atom. The Morgan fingerprint density at radius 2 is 1.93 bits per heavy atom. The zero-order valence-corrected chi connectivity index (χ0v) is 18.0. The maximum Gasteiger partial charge on any atom is 0.274 e. The summed E-state index contributed by atoms with van der Waals surface area (Å²) in [7, 11) is -3.82. The lowest BCUT2D eigenvalue weighted by molar-refractivity contribution is -0.385. The van der Waals surface area contributed by atoms with Gasteiger partial charge in [-0.3, -0.25) is 19.2 Å². The molecule has 2 aromatic carbocycles. The number of carbonyl (C=O) groups is 1. The van der Waals surface area contributed by atoms with Crippen molar-refractivity contribution >= 4 is 44.6 Å². The van der Waals surface area contributed by atoms with Crippen molar-refractivity contribution in [3.05, 3.63) is 62.7 Å². The third-order valence-corrected chi connectivity index (χ3v) is 6.09. The van der Waals surface area contributed by atoms with Crippen LogP contribution in [0.1, 0.15) is 24.5 Å². The minimum atomic E-state index is -3.82. The highest BCUT2D eigenvalue weighted by Gasteiger charge is 2.32. The number of halogens is 1. The van der Waals surface area contributed by atoms with E-state index in [-0.39, 0.29) is 29.0 Å². The summed E-state index contributed by atoms with van der Waals surface area (Å²) in [4.78, 5) is 23.6. The van der Waals surface area contributed by atoms with Gasteiger partial charge in [0.1, 0.15) is 6.04 Å². The molecule has 0 aliphatic rings. The molecule has 29 heavy (non-hydrogen) atoms. The maximum atomic E-state index is 13.0. The molecule has 10 heteroatoms. The Labute approximate surface area is 174 Å². The third kappa shape index (κ3) is 5.04. The highest BCUT2D eigenvalue weighted by molar-refractivity contribution is 7.92. The van der Waals surface area contributed by atoms with Gasteiger partial charge < -0.3 is 5.32 Å². The summed E-state index contributed by atoms with van der Waals surface area (Å²) < 4.78 is 26.0. The zero-order chi connectivity index (χ0) is 21.9. The van der Waals surface area contributed by atoms with E-state index >= 15 is 0 Å². The monoisotopic (exact) mass is 439 g/mol. The van der Waals surface area contributed by atoms with Gasteiger partial charge in [0.15, 0.2) is 0 Å². The van der Waals surface area contributed by atoms with Gasteiger partial charge in [0.05, 0.1) is 28.1 Å². The molecule has 0 bridgehead atoms. The van der Waals surface area contributed by atoms with Crippen LogP contribution in [0.3, 0.4) is 0 Å². The first kappa shape index (κ1) is 22.6. The summed E-state index contributed by atoms with van der Waals surface area (Å²) in [5.41, 5.74) is 1.43. The number of aryl methyl sites for hydroxylation is 1. The lowest BCUT2D eigenvalue weighted by atomic mass is 10.1. The topological polar surface area (TPSA) is 110 Å². The Morgan fingerprint density at radius 1 is 1.28 bits per heavy atom. The molecule has 0 saturated carbocycles. The molecule has 0 saturated heterocycles. The number of nitro groups is 1. The molecule has 1 N–H and O–H groups in total. The van der Waals surface area contributed by atoms with Gasteiger partial charge in [-0.05, 0) is 44.0 Å². The van der Waals surface area contributed by atoms with Crippen molar-refractivity contribution in [3.8, 4) is 0 Å². The number of hydrogen-bond donors (Lipinski definition) is 1. The van der Waals surface area contributed by atoms with E-state index in [1.165, 1.54) is 31.2 Å². The number of rotatable bonds is 7. The van der Waals surface area contributed by atoms with Crippen molar-refractivity contribution < 1.29 is 18.1 Å². The predicted octanol–water partition coefficient (Wildman–Crippen LogP) is 4.05. The summed E-state index contributed by atoms with van der Waals surface area (Å²) in [5.74, 6) is -0.599. The van der Waals surface area contributed by atoms with E-state index in [0.717, 1.165) is 16.1 Å². The normalized spacial score (nSPS) is 12.3. The second-order valence-corrected chi connectivity index (χ2v) is 8.88. The van der Waals surface area contributed by atoms with Crippen LogP contribution in [0.2, 0.25) is 5.02 Å². The molecule has 0 heterocycles. The zero-order valence-electron chi connectivity index (χ0n) is 16.5. The second-order valence-electron chi connectivity index (χ2n) is 6.61. The van der Waals surface area contributed by atoms with Crippen LogP contribution in [0.5, 0.6) is 0 Å². The van der Waals surface area contributed by atoms with Gasteiger partial charge in [-0.1, -0.05) is 30.7 Å². The Kier molecular flexibility index (Phi) is 6.86. The molecule has 0 radical (unpaired) electrons. The molecule has 1 amide bonds. The number of anilines is 2. The molecular weight excluding hydrogens is 418 g/mol. The first-order chi connectivity index (χ1) is 13.5. The fraction of sp³-hybridized carbons (Fsp3) is 0.316. The molecule has 0 aromatic heterocycles. The van der Waals surface area contributed by atoms with Crippen molar-refractivity contribution in [2.45, 2.75) is 33.2 Å². The van der Waals surface area contributed by atoms with E-state index < -0.39 is 26.9 Å². The molecule has 0 aliphatic heterocycles. The number of nitro benzene ring substituents is 1. The number of sulfonamides is 1. The van der Waals surface area contributed by atoms with Crippen LogP contribution in [0.4, 0.5) is 17.1 Å². The van der Waals surface area contributed by atoms with Crippen LogP contribution in [0, 0.1) is 24.0 Å². The number of hydrogen-bond acceptors (Lipinski definition) is 5. The van der Waals surface area contributed by atoms with Gasteiger partial charge in [0.2, 0.25) is 15.9 Å². The number of carbonyl (C=O) groups excluding carboxylic acids is 1. The summed E-state index contributed by atoms with van der Waals surface area (Å²) in [6.07, 6.45) is 1.19. The highest BCUT2D eigenvalue weighted by Crippen LogP contribution is 2.29. The van der Waals surface area contributed by atoms with E-state index in [0.29, 0.717) is 5.02 Å². The van der Waals surface area contributed by atoms with E-state index in [2.05, 4.69) is 5.32 Å². The van der Waals surface area contributed by atoms with Crippen LogP contribution >= 0.6 is 11.6 Å². The Bertz CT molecular complexity index is 1060. The second kappa shape index (κ2) is 8.79. The highest BCUT2D eigenvalue weighted by atomic mass is 35.5. The molecule has 0 unspecified atom stereocenters. The Hall–Kier alpha value is -2.65. The summed E-state index contributed by atoms with van der Waals surface area (Å²) >= 11 is 6.15. The van der Waals surface area contributed by atoms with Gasteiger partial charge in [0, 0.05) is 11.1 Å². The molecule has 2 aromatic rings. The third-order valence-electron chi connectivity index (χ3n) is 4.50. The molecule has 0 aliphatic carbocycles. The van der Waals surface area contributed by atoms with Gasteiger partial charge >= 0.3 is 0 Å². The van der Waals surface area contributed by atoms with E-state index in [4.69, 9.17) is 11.6 Å². The van der Waals surface area contributed by atoms with Crippen molar-refractivity contribution in [1.82, 2.24) is 0 Å². The first-order valence-electron chi connectivity index (χ1n) is 8.77. The summed E-state index contributed by atoms with van der Waals surface area (Å²) in [6.45, 7) is 4.98. The molecular formula is C19H22ClN3O5S. The average Bonchev–Trinajstić information content (AvgIpc) is 2.62. The smallest absolute Gasteiger partial charge is 0.274 e. The SMILES string of the molecule is CC[C@@H](C(=O)Nc1cccc([N+](=O)[O-])c1C)N(c1ccc(C)c(Cl)c1)S(C)(=O)=O. The van der Waals surface area contributed by atoms with Crippen LogP contribution in [-0.4, -0.2) is 31.5 Å². The first-order valence-corrected chi connectivity index (χ1v) is 11.0. The van der Waals surface area contributed by atoms with Crippen molar-refractivity contribution in [3.63, 3.8) is 0 Å². The molecule has 1 atom stereocenters. The van der Waals surface area contributed by atoms with Crippen LogP contribution in [-0.2, 0) is 14.8 Å². The number of amides is 1. The largest absolute Gasteiger partial charge is 0.324 e. The maximum absolute atomic E-state index is 13.0. The van der Waals surface area contributed by atoms with Crippen molar-refractivity contribution in [2.24, 2.45) is 0 Å². The van der Waals surface area contributed by atoms with Gasteiger partial charge in [-0.15, -0.1) is 0 Å². The predicted molar refractivity (Wildman–Crippen MR) is 114 cm³/mol. The minimum Gasteiger partial charge on any atom is -0.324 e. The van der Waals surface area contributed by atoms with Gasteiger partial charge in [-0.25, -0.2) is 8.42 Å². The lowest BCUT2D eigenvalue weighted by Crippen LogP contribution is -2.47. The molecule has 8 nitrogen and oxygen atoms in total. The fourth-order valence-electron chi connectivity index (χ4n) is 2.95. The van der Waals surface area contributed by atoms with E-state index in [1.54, 1.807) is 26.0 Å². The molecule has 2 rings (SSSR count). The minimum absolute atomic E-state index is 0.138. The van der Waals surface area contributed by atoms with Crippen LogP contribution in [0.25, 0.3) is 0 Å². The fourth-order valence-corrected chi connectivity index (χ4v) is 4.33. The Balaban J connectivity index is 2.45. The number of nitrogens with one attached hydrogen (secondary N) is 1. The molecule has 156 valence electrons. The van der Waals surface area contributed by atoms with Gasteiger partial charge in [0.25, 0.3) is 5.69 Å². The average molecular weight is 440 g/mol. The quantitative estimate of drug-likeness (QED) is 0.517. The van der Waals surface area contributed by atoms with Crippen molar-refractivity contribution in [2.75, 3.05) is 15.9 Å².